The Bertz CT molecular complexity index is 327. The van der Waals surface area contributed by atoms with Gasteiger partial charge >= 0.3 is 0 Å². The van der Waals surface area contributed by atoms with Gasteiger partial charge in [-0.05, 0) is 19.9 Å². The summed E-state index contributed by atoms with van der Waals surface area (Å²) in [6.07, 6.45) is 5.87. The smallest absolute Gasteiger partial charge is 0.242 e. The average Bonchev–Trinajstić information content (AvgIpc) is 2.46. The van der Waals surface area contributed by atoms with Gasteiger partial charge in [-0.1, -0.05) is 26.2 Å². The third kappa shape index (κ3) is 4.78. The van der Waals surface area contributed by atoms with Crippen LogP contribution in [0, 0.1) is 5.92 Å². The Hall–Kier alpha value is -1.10. The molecule has 0 bridgehead atoms. The molecule has 1 aliphatic rings. The van der Waals surface area contributed by atoms with Gasteiger partial charge in [0.15, 0.2) is 0 Å². The second kappa shape index (κ2) is 8.25. The number of amides is 2. The largest absolute Gasteiger partial charge is 0.341 e. The Kier molecular flexibility index (Phi) is 6.99. The highest BCUT2D eigenvalue weighted by atomic mass is 16.2. The standard InChI is InChI=1S/C15H29N3O2/c1-12(10-16-2)15(20)17(3)11-14(19)18(4)13-8-6-5-7-9-13/h12-13,16H,5-11H2,1-4H3. The zero-order chi connectivity index (χ0) is 15.1. The summed E-state index contributed by atoms with van der Waals surface area (Å²) >= 11 is 0. The molecule has 5 nitrogen and oxygen atoms in total. The van der Waals surface area contributed by atoms with Crippen molar-refractivity contribution in [1.82, 2.24) is 15.1 Å². The van der Waals surface area contributed by atoms with Crippen LogP contribution in [0.25, 0.3) is 0 Å². The van der Waals surface area contributed by atoms with Crippen LogP contribution >= 0.6 is 0 Å². The minimum Gasteiger partial charge on any atom is -0.341 e. The first kappa shape index (κ1) is 17.0. The minimum absolute atomic E-state index is 0.0183. The third-order valence-corrected chi connectivity index (χ3v) is 4.20. The molecular formula is C15H29N3O2. The normalized spacial score (nSPS) is 17.6. The van der Waals surface area contributed by atoms with Gasteiger partial charge < -0.3 is 15.1 Å². The maximum atomic E-state index is 12.3. The predicted molar refractivity (Wildman–Crippen MR) is 80.4 cm³/mol. The van der Waals surface area contributed by atoms with Gasteiger partial charge in [0.1, 0.15) is 0 Å². The van der Waals surface area contributed by atoms with Gasteiger partial charge in [0.25, 0.3) is 0 Å². The van der Waals surface area contributed by atoms with E-state index in [1.165, 1.54) is 19.3 Å². The maximum absolute atomic E-state index is 12.3. The monoisotopic (exact) mass is 283 g/mol. The van der Waals surface area contributed by atoms with Crippen molar-refractivity contribution < 1.29 is 9.59 Å². The molecule has 0 aromatic rings. The minimum atomic E-state index is -0.0993. The van der Waals surface area contributed by atoms with Crippen molar-refractivity contribution in [1.29, 1.82) is 0 Å². The fraction of sp³-hybridized carbons (Fsp3) is 0.867. The quantitative estimate of drug-likeness (QED) is 0.794. The number of nitrogens with zero attached hydrogens (tertiary/aromatic N) is 2. The van der Waals surface area contributed by atoms with Gasteiger partial charge in [-0.15, -0.1) is 0 Å². The van der Waals surface area contributed by atoms with E-state index in [0.717, 1.165) is 12.8 Å². The molecule has 0 spiro atoms. The lowest BCUT2D eigenvalue weighted by Crippen LogP contribution is -2.46. The van der Waals surface area contributed by atoms with Gasteiger partial charge in [0, 0.05) is 32.6 Å². The van der Waals surface area contributed by atoms with E-state index in [0.29, 0.717) is 12.6 Å². The molecule has 1 atom stereocenters. The Labute approximate surface area is 122 Å². The maximum Gasteiger partial charge on any atom is 0.242 e. The molecule has 1 aliphatic carbocycles. The van der Waals surface area contributed by atoms with E-state index in [2.05, 4.69) is 5.32 Å². The van der Waals surface area contributed by atoms with Crippen molar-refractivity contribution >= 4 is 11.8 Å². The molecule has 2 amide bonds. The van der Waals surface area contributed by atoms with E-state index < -0.39 is 0 Å². The number of carbonyl (C=O) groups excluding carboxylic acids is 2. The molecule has 0 aliphatic heterocycles. The Morgan fingerprint density at radius 2 is 1.80 bits per heavy atom. The number of carbonyl (C=O) groups is 2. The molecule has 20 heavy (non-hydrogen) atoms. The van der Waals surface area contributed by atoms with Crippen LogP contribution in [0.4, 0.5) is 0 Å². The molecule has 1 saturated carbocycles. The average molecular weight is 283 g/mol. The molecule has 1 fully saturated rings. The lowest BCUT2D eigenvalue weighted by molar-refractivity contribution is -0.142. The van der Waals surface area contributed by atoms with Crippen LogP contribution in [0.5, 0.6) is 0 Å². The number of nitrogens with one attached hydrogen (secondary N) is 1. The fourth-order valence-electron chi connectivity index (χ4n) is 2.83. The van der Waals surface area contributed by atoms with Gasteiger partial charge in [0.2, 0.25) is 11.8 Å². The Morgan fingerprint density at radius 1 is 1.20 bits per heavy atom. The van der Waals surface area contributed by atoms with Crippen molar-refractivity contribution in [3.05, 3.63) is 0 Å². The summed E-state index contributed by atoms with van der Waals surface area (Å²) in [6, 6.07) is 0.356. The molecule has 116 valence electrons. The molecule has 0 radical (unpaired) electrons. The summed E-state index contributed by atoms with van der Waals surface area (Å²) in [4.78, 5) is 27.7. The van der Waals surface area contributed by atoms with Crippen LogP contribution in [0.2, 0.25) is 0 Å². The van der Waals surface area contributed by atoms with E-state index in [-0.39, 0.29) is 24.3 Å². The Balaban J connectivity index is 2.45. The zero-order valence-corrected chi connectivity index (χ0v) is 13.3. The van der Waals surface area contributed by atoms with E-state index in [9.17, 15) is 9.59 Å². The molecule has 5 heteroatoms. The van der Waals surface area contributed by atoms with Gasteiger partial charge in [0.05, 0.1) is 6.54 Å². The van der Waals surface area contributed by atoms with Crippen molar-refractivity contribution in [3.63, 3.8) is 0 Å². The lowest BCUT2D eigenvalue weighted by Gasteiger charge is -2.32. The van der Waals surface area contributed by atoms with Crippen LogP contribution < -0.4 is 5.32 Å². The van der Waals surface area contributed by atoms with Crippen LogP contribution in [-0.4, -0.2) is 61.9 Å². The van der Waals surface area contributed by atoms with E-state index in [1.54, 1.807) is 11.9 Å². The molecule has 1 rings (SSSR count). The topological polar surface area (TPSA) is 52.7 Å². The molecule has 1 unspecified atom stereocenters. The van der Waals surface area contributed by atoms with Crippen molar-refractivity contribution in [2.45, 2.75) is 45.1 Å². The summed E-state index contributed by atoms with van der Waals surface area (Å²) in [6.45, 7) is 2.69. The van der Waals surface area contributed by atoms with Crippen molar-refractivity contribution in [3.8, 4) is 0 Å². The second-order valence-corrected chi connectivity index (χ2v) is 5.95. The SMILES string of the molecule is CNCC(C)C(=O)N(C)CC(=O)N(C)C1CCCCC1. The number of rotatable bonds is 6. The summed E-state index contributed by atoms with van der Waals surface area (Å²) in [5.41, 5.74) is 0. The van der Waals surface area contributed by atoms with Gasteiger partial charge in [-0.2, -0.15) is 0 Å². The molecular weight excluding hydrogens is 254 g/mol. The summed E-state index contributed by atoms with van der Waals surface area (Å²) in [5.74, 6) is -0.0352. The van der Waals surface area contributed by atoms with E-state index in [4.69, 9.17) is 0 Å². The van der Waals surface area contributed by atoms with Gasteiger partial charge in [-0.25, -0.2) is 0 Å². The second-order valence-electron chi connectivity index (χ2n) is 5.95. The van der Waals surface area contributed by atoms with E-state index in [1.807, 2.05) is 25.9 Å². The van der Waals surface area contributed by atoms with Crippen LogP contribution in [0.1, 0.15) is 39.0 Å². The molecule has 0 heterocycles. The highest BCUT2D eigenvalue weighted by Crippen LogP contribution is 2.21. The van der Waals surface area contributed by atoms with Crippen LogP contribution in [-0.2, 0) is 9.59 Å². The predicted octanol–water partition coefficient (Wildman–Crippen LogP) is 1.09. The Morgan fingerprint density at radius 3 is 2.35 bits per heavy atom. The van der Waals surface area contributed by atoms with Crippen LogP contribution in [0.15, 0.2) is 0 Å². The third-order valence-electron chi connectivity index (χ3n) is 4.20. The number of hydrogen-bond acceptors (Lipinski definition) is 3. The summed E-state index contributed by atoms with van der Waals surface area (Å²) in [5, 5.41) is 2.99. The number of likely N-dealkylation sites (N-methyl/N-ethyl adjacent to an activating group) is 2. The number of hydrogen-bond donors (Lipinski definition) is 1. The van der Waals surface area contributed by atoms with E-state index >= 15 is 0 Å². The summed E-state index contributed by atoms with van der Waals surface area (Å²) < 4.78 is 0. The molecule has 1 N–H and O–H groups in total. The zero-order valence-electron chi connectivity index (χ0n) is 13.3. The summed E-state index contributed by atoms with van der Waals surface area (Å²) in [7, 11) is 5.40. The molecule has 0 saturated heterocycles. The fourth-order valence-corrected chi connectivity index (χ4v) is 2.83. The highest BCUT2D eigenvalue weighted by molar-refractivity contribution is 5.85. The first-order chi connectivity index (χ1) is 9.47. The molecule has 0 aromatic carbocycles. The lowest BCUT2D eigenvalue weighted by atomic mass is 9.94. The van der Waals surface area contributed by atoms with Gasteiger partial charge in [-0.3, -0.25) is 9.59 Å². The first-order valence-corrected chi connectivity index (χ1v) is 7.62. The van der Waals surface area contributed by atoms with Crippen molar-refractivity contribution in [2.24, 2.45) is 5.92 Å². The highest BCUT2D eigenvalue weighted by Gasteiger charge is 2.25. The molecule has 0 aromatic heterocycles. The van der Waals surface area contributed by atoms with Crippen molar-refractivity contribution in [2.75, 3.05) is 34.2 Å². The van der Waals surface area contributed by atoms with Crippen LogP contribution in [0.3, 0.4) is 0 Å². The first-order valence-electron chi connectivity index (χ1n) is 7.62.